The van der Waals surface area contributed by atoms with Gasteiger partial charge < -0.3 is 14.8 Å². The van der Waals surface area contributed by atoms with E-state index in [1.54, 1.807) is 24.3 Å². The Balaban J connectivity index is 1.69. The highest BCUT2D eigenvalue weighted by molar-refractivity contribution is 5.97. The lowest BCUT2D eigenvalue weighted by Gasteiger charge is -2.23. The lowest BCUT2D eigenvalue weighted by molar-refractivity contribution is -0.156. The number of amides is 3. The molecule has 27 heavy (non-hydrogen) atoms. The van der Waals surface area contributed by atoms with Gasteiger partial charge in [0.15, 0.2) is 12.7 Å². The zero-order valence-electron chi connectivity index (χ0n) is 15.2. The minimum Gasteiger partial charge on any atom is -0.482 e. The highest BCUT2D eigenvalue weighted by Crippen LogP contribution is 2.17. The number of ether oxygens (including phenoxy) is 2. The largest absolute Gasteiger partial charge is 0.482 e. The van der Waals surface area contributed by atoms with E-state index in [0.717, 1.165) is 32.1 Å². The number of esters is 1. The van der Waals surface area contributed by atoms with Crippen LogP contribution in [0.15, 0.2) is 24.3 Å². The van der Waals surface area contributed by atoms with Crippen molar-refractivity contribution in [1.82, 2.24) is 10.6 Å². The molecule has 1 atom stereocenters. The summed E-state index contributed by atoms with van der Waals surface area (Å²) in [5, 5.41) is 4.93. The van der Waals surface area contributed by atoms with Gasteiger partial charge in [0.25, 0.3) is 5.91 Å². The lowest BCUT2D eigenvalue weighted by Crippen LogP contribution is -2.48. The maximum atomic E-state index is 12.0. The van der Waals surface area contributed by atoms with Crippen LogP contribution in [0.5, 0.6) is 5.75 Å². The monoisotopic (exact) mass is 376 g/mol. The molecule has 8 heteroatoms. The Labute approximate surface area is 157 Å². The molecule has 1 aliphatic rings. The molecule has 0 heterocycles. The number of nitrogens with one attached hydrogen (secondary N) is 2. The Morgan fingerprint density at radius 2 is 1.81 bits per heavy atom. The maximum absolute atomic E-state index is 12.0. The van der Waals surface area contributed by atoms with Crippen molar-refractivity contribution in [3.63, 3.8) is 0 Å². The van der Waals surface area contributed by atoms with Crippen LogP contribution >= 0.6 is 0 Å². The quantitative estimate of drug-likeness (QED) is 0.556. The smallest absolute Gasteiger partial charge is 0.344 e. The van der Waals surface area contributed by atoms with Crippen molar-refractivity contribution in [2.45, 2.75) is 51.2 Å². The third-order valence-corrected chi connectivity index (χ3v) is 4.23. The van der Waals surface area contributed by atoms with Gasteiger partial charge in [-0.2, -0.15) is 0 Å². The van der Waals surface area contributed by atoms with Gasteiger partial charge in [-0.15, -0.1) is 0 Å². The van der Waals surface area contributed by atoms with E-state index in [0.29, 0.717) is 17.6 Å². The Morgan fingerprint density at radius 3 is 2.44 bits per heavy atom. The first-order chi connectivity index (χ1) is 13.0. The molecule has 1 aromatic rings. The topological polar surface area (TPSA) is 111 Å². The predicted octanol–water partition coefficient (Wildman–Crippen LogP) is 1.97. The molecule has 1 aliphatic carbocycles. The standard InChI is InChI=1S/C19H24N2O6/c1-13(18(24)21-19(25)20-15-5-3-2-4-6-15)27-17(23)12-26-16-9-7-14(11-22)8-10-16/h7-11,13,15H,2-6,12H2,1H3,(H2,20,21,24,25)/t13-/m1/s1. The van der Waals surface area contributed by atoms with Crippen LogP contribution in [0, 0.1) is 0 Å². The number of hydrogen-bond donors (Lipinski definition) is 2. The van der Waals surface area contributed by atoms with Gasteiger partial charge >= 0.3 is 12.0 Å². The number of urea groups is 1. The van der Waals surface area contributed by atoms with Crippen LogP contribution in [-0.2, 0) is 14.3 Å². The molecule has 0 aromatic heterocycles. The van der Waals surface area contributed by atoms with Gasteiger partial charge in [0.2, 0.25) is 0 Å². The number of benzene rings is 1. The molecule has 2 rings (SSSR count). The fraction of sp³-hybridized carbons (Fsp3) is 0.474. The van der Waals surface area contributed by atoms with Crippen LogP contribution in [0.4, 0.5) is 4.79 Å². The van der Waals surface area contributed by atoms with Crippen LogP contribution in [0.2, 0.25) is 0 Å². The average molecular weight is 376 g/mol. The van der Waals surface area contributed by atoms with Crippen LogP contribution in [0.3, 0.4) is 0 Å². The zero-order chi connectivity index (χ0) is 19.6. The first-order valence-corrected chi connectivity index (χ1v) is 8.97. The summed E-state index contributed by atoms with van der Waals surface area (Å²) in [6.07, 6.45) is 4.65. The van der Waals surface area contributed by atoms with Gasteiger partial charge in [0.1, 0.15) is 12.0 Å². The summed E-state index contributed by atoms with van der Waals surface area (Å²) in [4.78, 5) is 46.1. The Bertz CT molecular complexity index is 667. The van der Waals surface area contributed by atoms with Crippen LogP contribution in [0.25, 0.3) is 0 Å². The molecule has 0 saturated heterocycles. The number of carbonyl (C=O) groups excluding carboxylic acids is 4. The highest BCUT2D eigenvalue weighted by atomic mass is 16.6. The van der Waals surface area contributed by atoms with E-state index >= 15 is 0 Å². The molecule has 0 radical (unpaired) electrons. The van der Waals surface area contributed by atoms with Gasteiger partial charge in [0, 0.05) is 11.6 Å². The maximum Gasteiger partial charge on any atom is 0.344 e. The highest BCUT2D eigenvalue weighted by Gasteiger charge is 2.22. The summed E-state index contributed by atoms with van der Waals surface area (Å²) in [6, 6.07) is 5.68. The number of carbonyl (C=O) groups is 4. The molecule has 1 fully saturated rings. The van der Waals surface area contributed by atoms with Gasteiger partial charge in [-0.05, 0) is 44.0 Å². The molecule has 0 unspecified atom stereocenters. The van der Waals surface area contributed by atoms with E-state index in [4.69, 9.17) is 9.47 Å². The number of rotatable bonds is 7. The van der Waals surface area contributed by atoms with Crippen molar-refractivity contribution in [2.75, 3.05) is 6.61 Å². The zero-order valence-corrected chi connectivity index (χ0v) is 15.2. The van der Waals surface area contributed by atoms with Crippen molar-refractivity contribution in [2.24, 2.45) is 0 Å². The normalized spacial score (nSPS) is 15.3. The van der Waals surface area contributed by atoms with Gasteiger partial charge in [-0.1, -0.05) is 19.3 Å². The predicted molar refractivity (Wildman–Crippen MR) is 96.4 cm³/mol. The number of imide groups is 1. The molecule has 1 saturated carbocycles. The van der Waals surface area contributed by atoms with E-state index in [-0.39, 0.29) is 6.04 Å². The van der Waals surface area contributed by atoms with Crippen molar-refractivity contribution < 1.29 is 28.7 Å². The molecule has 1 aromatic carbocycles. The third-order valence-electron chi connectivity index (χ3n) is 4.23. The summed E-state index contributed by atoms with van der Waals surface area (Å²) in [5.74, 6) is -1.06. The molecule has 0 aliphatic heterocycles. The first-order valence-electron chi connectivity index (χ1n) is 8.97. The van der Waals surface area contributed by atoms with Crippen molar-refractivity contribution >= 4 is 24.2 Å². The molecule has 0 bridgehead atoms. The summed E-state index contributed by atoms with van der Waals surface area (Å²) in [6.45, 7) is 0.978. The van der Waals surface area contributed by atoms with E-state index in [1.807, 2.05) is 0 Å². The average Bonchev–Trinajstić information content (AvgIpc) is 2.67. The first kappa shape index (κ1) is 20.4. The second kappa shape index (κ2) is 10.3. The summed E-state index contributed by atoms with van der Waals surface area (Å²) in [7, 11) is 0. The fourth-order valence-electron chi connectivity index (χ4n) is 2.75. The van der Waals surface area contributed by atoms with Gasteiger partial charge in [-0.25, -0.2) is 9.59 Å². The SMILES string of the molecule is C[C@@H](OC(=O)COc1ccc(C=O)cc1)C(=O)NC(=O)NC1CCCCC1. The van der Waals surface area contributed by atoms with Crippen LogP contribution in [0.1, 0.15) is 49.4 Å². The van der Waals surface area contributed by atoms with Crippen molar-refractivity contribution in [1.29, 1.82) is 0 Å². The summed E-state index contributed by atoms with van der Waals surface area (Å²) >= 11 is 0. The second-order valence-corrected chi connectivity index (χ2v) is 6.41. The molecular weight excluding hydrogens is 352 g/mol. The fourth-order valence-corrected chi connectivity index (χ4v) is 2.75. The van der Waals surface area contributed by atoms with Crippen molar-refractivity contribution in [3.8, 4) is 5.75 Å². The molecule has 8 nitrogen and oxygen atoms in total. The summed E-state index contributed by atoms with van der Waals surface area (Å²) in [5.41, 5.74) is 0.488. The van der Waals surface area contributed by atoms with Crippen LogP contribution in [-0.4, -0.2) is 42.9 Å². The van der Waals surface area contributed by atoms with E-state index in [9.17, 15) is 19.2 Å². The van der Waals surface area contributed by atoms with Gasteiger partial charge in [-0.3, -0.25) is 14.9 Å². The van der Waals surface area contributed by atoms with E-state index in [1.165, 1.54) is 6.92 Å². The Morgan fingerprint density at radius 1 is 1.15 bits per heavy atom. The molecule has 146 valence electrons. The van der Waals surface area contributed by atoms with E-state index in [2.05, 4.69) is 10.6 Å². The van der Waals surface area contributed by atoms with Gasteiger partial charge in [0.05, 0.1) is 0 Å². The molecule has 2 N–H and O–H groups in total. The summed E-state index contributed by atoms with van der Waals surface area (Å²) < 4.78 is 10.2. The molecular formula is C19H24N2O6. The molecule has 0 spiro atoms. The Kier molecular flexibility index (Phi) is 7.79. The lowest BCUT2D eigenvalue weighted by atomic mass is 9.96. The second-order valence-electron chi connectivity index (χ2n) is 6.41. The Hall–Kier alpha value is -2.90. The minimum atomic E-state index is -1.13. The number of aldehydes is 1. The number of hydrogen-bond acceptors (Lipinski definition) is 6. The third kappa shape index (κ3) is 7.08. The minimum absolute atomic E-state index is 0.0726. The van der Waals surface area contributed by atoms with Crippen molar-refractivity contribution in [3.05, 3.63) is 29.8 Å². The van der Waals surface area contributed by atoms with Crippen LogP contribution < -0.4 is 15.4 Å². The van der Waals surface area contributed by atoms with E-state index < -0.39 is 30.6 Å². The molecule has 3 amide bonds.